The molecule has 0 bridgehead atoms. The van der Waals surface area contributed by atoms with E-state index in [1.54, 1.807) is 13.8 Å². The Labute approximate surface area is 217 Å². The number of rotatable bonds is 14. The maximum atomic E-state index is 12.6. The Morgan fingerprint density at radius 3 is 2.51 bits per heavy atom. The van der Waals surface area contributed by atoms with Gasteiger partial charge in [-0.25, -0.2) is 19.7 Å². The molecule has 1 aliphatic rings. The van der Waals surface area contributed by atoms with Gasteiger partial charge in [-0.3, -0.25) is 13.5 Å². The number of nitrogen functional groups attached to an aromatic ring is 1. The molecule has 3 rings (SSSR count). The summed E-state index contributed by atoms with van der Waals surface area (Å²) < 4.78 is 38.8. The first kappa shape index (κ1) is 29.2. The maximum Gasteiger partial charge on any atom is 0.362 e. The molecular formula is C23H38N6O7S. The van der Waals surface area contributed by atoms with Gasteiger partial charge in [-0.15, -0.1) is 0 Å². The number of aliphatic hydroxyl groups is 2. The van der Waals surface area contributed by atoms with E-state index in [2.05, 4.69) is 21.9 Å². The average molecular weight is 543 g/mol. The molecule has 3 heterocycles. The van der Waals surface area contributed by atoms with Crippen LogP contribution in [0.3, 0.4) is 0 Å². The van der Waals surface area contributed by atoms with E-state index in [-0.39, 0.29) is 17.0 Å². The molecule has 13 nitrogen and oxygen atoms in total. The zero-order valence-electron chi connectivity index (χ0n) is 21.5. The molecule has 0 saturated carbocycles. The van der Waals surface area contributed by atoms with Gasteiger partial charge in [-0.1, -0.05) is 65.7 Å². The number of anilines is 1. The van der Waals surface area contributed by atoms with E-state index in [0.717, 1.165) is 25.7 Å². The normalized spacial score (nSPS) is 22.5. The Kier molecular flexibility index (Phi) is 9.80. The van der Waals surface area contributed by atoms with Gasteiger partial charge >= 0.3 is 10.3 Å². The zero-order chi connectivity index (χ0) is 27.2. The summed E-state index contributed by atoms with van der Waals surface area (Å²) >= 11 is 0. The smallest absolute Gasteiger partial charge is 0.362 e. The number of aromatic nitrogens is 4. The Morgan fingerprint density at radius 1 is 1.14 bits per heavy atom. The van der Waals surface area contributed by atoms with Crippen LogP contribution in [-0.4, -0.2) is 69.0 Å². The van der Waals surface area contributed by atoms with E-state index in [4.69, 9.17) is 14.7 Å². The number of unbranched alkanes of at least 4 members (excludes halogenated alkanes) is 6. The second-order valence-corrected chi connectivity index (χ2v) is 11.4. The molecule has 37 heavy (non-hydrogen) atoms. The van der Waals surface area contributed by atoms with E-state index in [0.29, 0.717) is 6.42 Å². The van der Waals surface area contributed by atoms with Crippen molar-refractivity contribution in [3.63, 3.8) is 0 Å². The van der Waals surface area contributed by atoms with Gasteiger partial charge in [0.2, 0.25) is 5.91 Å². The number of hydrogen-bond acceptors (Lipinski definition) is 11. The number of amides is 1. The van der Waals surface area contributed by atoms with Gasteiger partial charge in [0, 0.05) is 5.41 Å². The third-order valence-corrected chi connectivity index (χ3v) is 7.51. The van der Waals surface area contributed by atoms with Crippen LogP contribution in [0.1, 0.15) is 78.4 Å². The highest BCUT2D eigenvalue weighted by atomic mass is 32.2. The van der Waals surface area contributed by atoms with Gasteiger partial charge in [0.15, 0.2) is 17.7 Å². The number of nitrogens with two attached hydrogens (primary N) is 1. The van der Waals surface area contributed by atoms with Crippen LogP contribution in [0.5, 0.6) is 0 Å². The predicted molar refractivity (Wildman–Crippen MR) is 135 cm³/mol. The number of fused-ring (bicyclic) bond motifs is 1. The van der Waals surface area contributed by atoms with Crippen molar-refractivity contribution in [3.05, 3.63) is 12.7 Å². The summed E-state index contributed by atoms with van der Waals surface area (Å²) in [6.45, 7) is 4.91. The number of carbonyl (C=O) groups excluding carboxylic acids is 1. The molecule has 2 aromatic heterocycles. The van der Waals surface area contributed by atoms with Crippen molar-refractivity contribution in [1.29, 1.82) is 0 Å². The van der Waals surface area contributed by atoms with Crippen molar-refractivity contribution in [1.82, 2.24) is 24.2 Å². The van der Waals surface area contributed by atoms with Crippen LogP contribution in [0.25, 0.3) is 11.2 Å². The van der Waals surface area contributed by atoms with E-state index in [1.165, 1.54) is 36.5 Å². The molecule has 4 atom stereocenters. The van der Waals surface area contributed by atoms with Crippen molar-refractivity contribution < 1.29 is 32.3 Å². The molecule has 2 aromatic rings. The number of carbonyl (C=O) groups is 1. The number of aliphatic hydroxyl groups excluding tert-OH is 2. The number of nitrogens with one attached hydrogen (secondary N) is 1. The SMILES string of the molecule is CCCCCCCCCC(C)(C)C(=O)NS(=O)(=O)OC[C@H]1O[C@@H](n2cnc3c(N)ncnc32)[C@H](O)[C@@H]1O. The quantitative estimate of drug-likeness (QED) is 0.253. The first-order chi connectivity index (χ1) is 17.5. The standard InChI is InChI=1S/C23H38N6O7S/c1-4-5-6-7-8-9-10-11-23(2,3)22(32)28-37(33,34)35-12-15-17(30)18(31)21(36-15)29-14-27-16-19(24)25-13-26-20(16)29/h13-15,17-18,21,30-31H,4-12H2,1-3H3,(H,28,32)(H2,24,25,26)/t15-,17-,18-,21-/m1/s1. The van der Waals surface area contributed by atoms with Crippen LogP contribution >= 0.6 is 0 Å². The Hall–Kier alpha value is -2.39. The van der Waals surface area contributed by atoms with Gasteiger partial charge in [0.25, 0.3) is 0 Å². The summed E-state index contributed by atoms with van der Waals surface area (Å²) in [6.07, 6.45) is 5.50. The summed E-state index contributed by atoms with van der Waals surface area (Å²) in [5.74, 6) is -0.542. The first-order valence-corrected chi connectivity index (χ1v) is 14.0. The molecule has 1 fully saturated rings. The lowest BCUT2D eigenvalue weighted by molar-refractivity contribution is -0.128. The molecule has 0 radical (unpaired) electrons. The summed E-state index contributed by atoms with van der Waals surface area (Å²) in [6, 6.07) is 0. The van der Waals surface area contributed by atoms with E-state index < -0.39 is 52.8 Å². The highest BCUT2D eigenvalue weighted by Gasteiger charge is 2.45. The monoisotopic (exact) mass is 542 g/mol. The van der Waals surface area contributed by atoms with Crippen LogP contribution in [0, 0.1) is 5.41 Å². The second-order valence-electron chi connectivity index (χ2n) is 10.1. The van der Waals surface area contributed by atoms with Crippen molar-refractivity contribution >= 4 is 33.2 Å². The summed E-state index contributed by atoms with van der Waals surface area (Å²) in [7, 11) is -4.48. The fourth-order valence-corrected chi connectivity index (χ4v) is 5.10. The van der Waals surface area contributed by atoms with Gasteiger partial charge in [-0.05, 0) is 6.42 Å². The Balaban J connectivity index is 1.51. The highest BCUT2D eigenvalue weighted by Crippen LogP contribution is 2.32. The van der Waals surface area contributed by atoms with Crippen LogP contribution in [-0.2, 0) is 24.0 Å². The van der Waals surface area contributed by atoms with E-state index >= 15 is 0 Å². The predicted octanol–water partition coefficient (Wildman–Crippen LogP) is 1.57. The van der Waals surface area contributed by atoms with Gasteiger partial charge in [-0.2, -0.15) is 8.42 Å². The minimum absolute atomic E-state index is 0.133. The van der Waals surface area contributed by atoms with Crippen LogP contribution in [0.2, 0.25) is 0 Å². The number of imidazole rings is 1. The van der Waals surface area contributed by atoms with Crippen LogP contribution < -0.4 is 10.5 Å². The van der Waals surface area contributed by atoms with Crippen LogP contribution in [0.15, 0.2) is 12.7 Å². The second kappa shape index (κ2) is 12.4. The molecule has 1 aliphatic heterocycles. The molecule has 14 heteroatoms. The molecule has 0 unspecified atom stereocenters. The highest BCUT2D eigenvalue weighted by molar-refractivity contribution is 7.85. The molecule has 0 aliphatic carbocycles. The topological polar surface area (TPSA) is 192 Å². The van der Waals surface area contributed by atoms with E-state index in [1.807, 2.05) is 4.72 Å². The molecule has 1 amide bonds. The minimum Gasteiger partial charge on any atom is -0.387 e. The fraction of sp³-hybridized carbons (Fsp3) is 0.739. The Morgan fingerprint density at radius 2 is 1.81 bits per heavy atom. The summed E-state index contributed by atoms with van der Waals surface area (Å²) in [5.41, 5.74) is 5.43. The van der Waals surface area contributed by atoms with Gasteiger partial charge < -0.3 is 20.7 Å². The maximum absolute atomic E-state index is 12.6. The molecule has 208 valence electrons. The molecule has 0 spiro atoms. The van der Waals surface area contributed by atoms with Gasteiger partial charge in [0.1, 0.15) is 30.2 Å². The van der Waals surface area contributed by atoms with Crippen molar-refractivity contribution in [2.45, 2.75) is 96.7 Å². The molecule has 5 N–H and O–H groups in total. The zero-order valence-corrected chi connectivity index (χ0v) is 22.4. The fourth-order valence-electron chi connectivity index (χ4n) is 4.23. The minimum atomic E-state index is -4.48. The third kappa shape index (κ3) is 7.35. The number of nitrogens with zero attached hydrogens (tertiary/aromatic N) is 4. The number of ether oxygens (including phenoxy) is 1. The third-order valence-electron chi connectivity index (χ3n) is 6.62. The summed E-state index contributed by atoms with van der Waals surface area (Å²) in [5, 5.41) is 20.9. The molecule has 0 aromatic carbocycles. The number of hydrogen-bond donors (Lipinski definition) is 4. The van der Waals surface area contributed by atoms with Crippen molar-refractivity contribution in [3.8, 4) is 0 Å². The first-order valence-electron chi connectivity index (χ1n) is 12.6. The largest absolute Gasteiger partial charge is 0.387 e. The summed E-state index contributed by atoms with van der Waals surface area (Å²) in [4.78, 5) is 24.7. The average Bonchev–Trinajstić information content (AvgIpc) is 3.39. The lowest BCUT2D eigenvalue weighted by Gasteiger charge is -2.23. The lowest BCUT2D eigenvalue weighted by Crippen LogP contribution is -2.42. The van der Waals surface area contributed by atoms with Crippen molar-refractivity contribution in [2.24, 2.45) is 5.41 Å². The van der Waals surface area contributed by atoms with Crippen molar-refractivity contribution in [2.75, 3.05) is 12.3 Å². The van der Waals surface area contributed by atoms with Gasteiger partial charge in [0.05, 0.1) is 12.9 Å². The Bertz CT molecular complexity index is 1160. The molecular weight excluding hydrogens is 504 g/mol. The molecule has 1 saturated heterocycles. The van der Waals surface area contributed by atoms with E-state index in [9.17, 15) is 23.4 Å². The lowest BCUT2D eigenvalue weighted by atomic mass is 9.86. The van der Waals surface area contributed by atoms with Crippen LogP contribution in [0.4, 0.5) is 5.82 Å².